The van der Waals surface area contributed by atoms with Crippen LogP contribution in [0.4, 0.5) is 10.5 Å². The molecule has 5 nitrogen and oxygen atoms in total. The summed E-state index contributed by atoms with van der Waals surface area (Å²) in [4.78, 5) is 13.8. The zero-order valence-electron chi connectivity index (χ0n) is 13.7. The molecule has 1 atom stereocenters. The van der Waals surface area contributed by atoms with Crippen molar-refractivity contribution in [3.05, 3.63) is 59.7 Å². The maximum absolute atomic E-state index is 12.2. The van der Waals surface area contributed by atoms with E-state index in [1.54, 1.807) is 4.90 Å². The first-order valence-electron chi connectivity index (χ1n) is 8.13. The van der Waals surface area contributed by atoms with E-state index in [0.717, 1.165) is 5.56 Å². The molecule has 2 aromatic rings. The third-order valence-electron chi connectivity index (χ3n) is 4.19. The molecule has 0 aromatic heterocycles. The Bertz CT molecular complexity index is 717. The summed E-state index contributed by atoms with van der Waals surface area (Å²) in [6.07, 6.45) is 0.215. The van der Waals surface area contributed by atoms with Crippen LogP contribution in [-0.2, 0) is 6.61 Å². The fourth-order valence-electron chi connectivity index (χ4n) is 2.73. The monoisotopic (exact) mass is 326 g/mol. The van der Waals surface area contributed by atoms with E-state index in [9.17, 15) is 9.90 Å². The van der Waals surface area contributed by atoms with Crippen molar-refractivity contribution in [1.29, 1.82) is 0 Å². The topological polar surface area (TPSA) is 61.8 Å². The summed E-state index contributed by atoms with van der Waals surface area (Å²) in [7, 11) is 0. The summed E-state index contributed by atoms with van der Waals surface area (Å²) in [5.74, 6) is 0.706. The number of aliphatic hydroxyl groups excluding tert-OH is 1. The second-order valence-corrected chi connectivity index (χ2v) is 6.06. The zero-order chi connectivity index (χ0) is 16.9. The van der Waals surface area contributed by atoms with Gasteiger partial charge in [0, 0.05) is 24.8 Å². The molecule has 0 saturated carbocycles. The SMILES string of the molecule is Cc1ccccc1COc1cccc(NC(=O)N2CC[C@H](O)C2)c1. The molecular formula is C19H22N2O3. The summed E-state index contributed by atoms with van der Waals surface area (Å²) in [5, 5.41) is 12.4. The third-order valence-corrected chi connectivity index (χ3v) is 4.19. The molecule has 1 fully saturated rings. The van der Waals surface area contributed by atoms with Gasteiger partial charge in [0.15, 0.2) is 0 Å². The van der Waals surface area contributed by atoms with Gasteiger partial charge >= 0.3 is 6.03 Å². The highest BCUT2D eigenvalue weighted by Crippen LogP contribution is 2.20. The maximum atomic E-state index is 12.2. The lowest BCUT2D eigenvalue weighted by Gasteiger charge is -2.17. The van der Waals surface area contributed by atoms with E-state index in [1.807, 2.05) is 42.5 Å². The smallest absolute Gasteiger partial charge is 0.321 e. The number of nitrogens with one attached hydrogen (secondary N) is 1. The number of aryl methyl sites for hydroxylation is 1. The number of ether oxygens (including phenoxy) is 1. The molecule has 0 spiro atoms. The summed E-state index contributed by atoms with van der Waals surface area (Å²) >= 11 is 0. The Labute approximate surface area is 141 Å². The van der Waals surface area contributed by atoms with Crippen LogP contribution in [0.15, 0.2) is 48.5 Å². The van der Waals surface area contributed by atoms with E-state index in [0.29, 0.717) is 37.6 Å². The highest BCUT2D eigenvalue weighted by atomic mass is 16.5. The molecule has 1 aliphatic heterocycles. The zero-order valence-corrected chi connectivity index (χ0v) is 13.7. The fourth-order valence-corrected chi connectivity index (χ4v) is 2.73. The van der Waals surface area contributed by atoms with Gasteiger partial charge in [-0.25, -0.2) is 4.79 Å². The normalized spacial score (nSPS) is 16.9. The predicted molar refractivity (Wildman–Crippen MR) is 93.2 cm³/mol. The Hall–Kier alpha value is -2.53. The highest BCUT2D eigenvalue weighted by Gasteiger charge is 2.24. The van der Waals surface area contributed by atoms with E-state index in [1.165, 1.54) is 5.56 Å². The van der Waals surface area contributed by atoms with Gasteiger partial charge in [0.05, 0.1) is 6.10 Å². The molecule has 24 heavy (non-hydrogen) atoms. The Kier molecular flexibility index (Phi) is 5.01. The fraction of sp³-hybridized carbons (Fsp3) is 0.316. The van der Waals surface area contributed by atoms with Gasteiger partial charge < -0.3 is 20.1 Å². The minimum atomic E-state index is -0.417. The van der Waals surface area contributed by atoms with E-state index in [4.69, 9.17) is 4.74 Å². The van der Waals surface area contributed by atoms with Gasteiger partial charge in [-0.2, -0.15) is 0 Å². The van der Waals surface area contributed by atoms with E-state index < -0.39 is 6.10 Å². The average molecular weight is 326 g/mol. The number of carbonyl (C=O) groups is 1. The van der Waals surface area contributed by atoms with Gasteiger partial charge in [-0.3, -0.25) is 0 Å². The van der Waals surface area contributed by atoms with Crippen molar-refractivity contribution >= 4 is 11.7 Å². The minimum absolute atomic E-state index is 0.192. The summed E-state index contributed by atoms with van der Waals surface area (Å²) in [6.45, 7) is 3.51. The molecule has 126 valence electrons. The number of hydrogen-bond donors (Lipinski definition) is 2. The van der Waals surface area contributed by atoms with Crippen molar-refractivity contribution in [2.45, 2.75) is 26.1 Å². The second-order valence-electron chi connectivity index (χ2n) is 6.06. The molecule has 5 heteroatoms. The first kappa shape index (κ1) is 16.3. The van der Waals surface area contributed by atoms with Crippen molar-refractivity contribution in [3.8, 4) is 5.75 Å². The molecule has 2 aromatic carbocycles. The third kappa shape index (κ3) is 4.06. The largest absolute Gasteiger partial charge is 0.489 e. The van der Waals surface area contributed by atoms with Crippen LogP contribution in [0.25, 0.3) is 0 Å². The molecule has 1 heterocycles. The van der Waals surface area contributed by atoms with Gasteiger partial charge in [-0.1, -0.05) is 30.3 Å². The molecule has 0 unspecified atom stereocenters. The van der Waals surface area contributed by atoms with E-state index in [-0.39, 0.29) is 6.03 Å². The Morgan fingerprint density at radius 3 is 2.88 bits per heavy atom. The lowest BCUT2D eigenvalue weighted by Crippen LogP contribution is -2.33. The minimum Gasteiger partial charge on any atom is -0.489 e. The number of β-amino-alcohol motifs (C(OH)–C–C–N with tert-alkyl or cyclic N) is 1. The average Bonchev–Trinajstić information content (AvgIpc) is 3.01. The predicted octanol–water partition coefficient (Wildman–Crippen LogP) is 3.17. The number of anilines is 1. The van der Waals surface area contributed by atoms with Crippen LogP contribution in [0, 0.1) is 6.92 Å². The van der Waals surface area contributed by atoms with Crippen molar-refractivity contribution in [3.63, 3.8) is 0 Å². The van der Waals surface area contributed by atoms with E-state index >= 15 is 0 Å². The number of rotatable bonds is 4. The lowest BCUT2D eigenvalue weighted by molar-refractivity contribution is 0.176. The number of urea groups is 1. The van der Waals surface area contributed by atoms with Crippen LogP contribution in [0.1, 0.15) is 17.5 Å². The summed E-state index contributed by atoms with van der Waals surface area (Å²) < 4.78 is 5.83. The highest BCUT2D eigenvalue weighted by molar-refractivity contribution is 5.89. The Morgan fingerprint density at radius 2 is 2.12 bits per heavy atom. The van der Waals surface area contributed by atoms with Crippen LogP contribution < -0.4 is 10.1 Å². The van der Waals surface area contributed by atoms with Crippen LogP contribution in [0.2, 0.25) is 0 Å². The molecule has 0 aliphatic carbocycles. The summed E-state index contributed by atoms with van der Waals surface area (Å²) in [5.41, 5.74) is 3.01. The quantitative estimate of drug-likeness (QED) is 0.907. The molecule has 0 bridgehead atoms. The Morgan fingerprint density at radius 1 is 1.29 bits per heavy atom. The van der Waals surface area contributed by atoms with Crippen molar-refractivity contribution in [1.82, 2.24) is 4.90 Å². The van der Waals surface area contributed by atoms with Crippen molar-refractivity contribution in [2.75, 3.05) is 18.4 Å². The first-order chi connectivity index (χ1) is 11.6. The lowest BCUT2D eigenvalue weighted by atomic mass is 10.1. The number of hydrogen-bond acceptors (Lipinski definition) is 3. The standard InChI is InChI=1S/C19H22N2O3/c1-14-5-2-3-6-15(14)13-24-18-8-4-7-16(11-18)20-19(23)21-10-9-17(22)12-21/h2-8,11,17,22H,9-10,12-13H2,1H3,(H,20,23)/t17-/m0/s1. The number of benzene rings is 2. The van der Waals surface area contributed by atoms with Crippen LogP contribution in [0.5, 0.6) is 5.75 Å². The number of nitrogens with zero attached hydrogens (tertiary/aromatic N) is 1. The summed E-state index contributed by atoms with van der Waals surface area (Å²) in [6, 6.07) is 15.3. The molecule has 1 aliphatic rings. The number of likely N-dealkylation sites (tertiary alicyclic amines) is 1. The number of aliphatic hydroxyl groups is 1. The van der Waals surface area contributed by atoms with Crippen molar-refractivity contribution < 1.29 is 14.6 Å². The van der Waals surface area contributed by atoms with Gasteiger partial charge in [-0.15, -0.1) is 0 Å². The van der Waals surface area contributed by atoms with Gasteiger partial charge in [0.1, 0.15) is 12.4 Å². The van der Waals surface area contributed by atoms with Crippen LogP contribution in [0.3, 0.4) is 0 Å². The van der Waals surface area contributed by atoms with Gasteiger partial charge in [-0.05, 0) is 36.6 Å². The molecule has 2 N–H and O–H groups in total. The van der Waals surface area contributed by atoms with Crippen LogP contribution in [-0.4, -0.2) is 35.2 Å². The maximum Gasteiger partial charge on any atom is 0.321 e. The van der Waals surface area contributed by atoms with Gasteiger partial charge in [0.25, 0.3) is 0 Å². The number of carbonyl (C=O) groups excluding carboxylic acids is 1. The molecule has 0 radical (unpaired) electrons. The van der Waals surface area contributed by atoms with Crippen LogP contribution >= 0.6 is 0 Å². The molecular weight excluding hydrogens is 304 g/mol. The first-order valence-corrected chi connectivity index (χ1v) is 8.13. The van der Waals surface area contributed by atoms with Gasteiger partial charge in [0.2, 0.25) is 0 Å². The molecule has 2 amide bonds. The van der Waals surface area contributed by atoms with E-state index in [2.05, 4.69) is 18.3 Å². The second kappa shape index (κ2) is 7.36. The molecule has 3 rings (SSSR count). The van der Waals surface area contributed by atoms with Crippen molar-refractivity contribution in [2.24, 2.45) is 0 Å². The molecule has 1 saturated heterocycles. The Balaban J connectivity index is 1.60. The number of amides is 2.